The van der Waals surface area contributed by atoms with Crippen LogP contribution >= 0.6 is 0 Å². The smallest absolute Gasteiger partial charge is 0.152 e. The molecule has 0 saturated heterocycles. The lowest BCUT2D eigenvalue weighted by Crippen LogP contribution is -2.10. The average molecular weight is 134 g/mol. The van der Waals surface area contributed by atoms with Gasteiger partial charge in [0.05, 0.1) is 5.41 Å². The predicted octanol–water partition coefficient (Wildman–Crippen LogP) is 2.21. The Hall–Kier alpha value is -0.720. The van der Waals surface area contributed by atoms with Gasteiger partial charge in [-0.25, -0.2) is 0 Å². The van der Waals surface area contributed by atoms with Crippen LogP contribution in [0.5, 0.6) is 0 Å². The van der Waals surface area contributed by atoms with E-state index in [1.54, 1.807) is 0 Å². The van der Waals surface area contributed by atoms with Gasteiger partial charge < -0.3 is 4.74 Å². The van der Waals surface area contributed by atoms with E-state index in [1.165, 1.54) is 30.8 Å². The molecule has 1 fully saturated rings. The number of allylic oxidation sites excluding steroid dienone is 2. The summed E-state index contributed by atoms with van der Waals surface area (Å²) in [5, 5.41) is 0. The van der Waals surface area contributed by atoms with Crippen LogP contribution in [0.25, 0.3) is 0 Å². The van der Waals surface area contributed by atoms with Crippen LogP contribution in [0.2, 0.25) is 0 Å². The summed E-state index contributed by atoms with van der Waals surface area (Å²) in [7, 11) is 0. The molecular formula is C9H10O. The fraction of sp³-hybridized carbons (Fsp3) is 0.556. The van der Waals surface area contributed by atoms with Crippen molar-refractivity contribution in [1.82, 2.24) is 0 Å². The Morgan fingerprint density at radius 2 is 2.60 bits per heavy atom. The highest BCUT2D eigenvalue weighted by Crippen LogP contribution is 2.66. The van der Waals surface area contributed by atoms with Gasteiger partial charge in [-0.3, -0.25) is 0 Å². The molecule has 10 heavy (non-hydrogen) atoms. The van der Waals surface area contributed by atoms with E-state index in [2.05, 4.69) is 12.7 Å². The van der Waals surface area contributed by atoms with Crippen LogP contribution in [-0.2, 0) is 4.74 Å². The van der Waals surface area contributed by atoms with Crippen molar-refractivity contribution in [2.45, 2.75) is 19.3 Å². The van der Waals surface area contributed by atoms with Crippen LogP contribution in [0.1, 0.15) is 19.3 Å². The standard InChI is InChI=1S/C9H10O/c1-2-9-4-3-6(5-9)7-8(9)10-7/h2,6H,1,3-5H2. The topological polar surface area (TPSA) is 12.5 Å². The van der Waals surface area contributed by atoms with Crippen LogP contribution in [0.15, 0.2) is 24.2 Å². The van der Waals surface area contributed by atoms with E-state index in [9.17, 15) is 0 Å². The van der Waals surface area contributed by atoms with E-state index in [0.717, 1.165) is 5.92 Å². The third-order valence-corrected chi connectivity index (χ3v) is 3.16. The number of fused-ring (bicyclic) bond motifs is 4. The molecule has 0 spiro atoms. The molecule has 1 heterocycles. The molecule has 52 valence electrons. The Morgan fingerprint density at radius 3 is 3.10 bits per heavy atom. The number of rotatable bonds is 1. The summed E-state index contributed by atoms with van der Waals surface area (Å²) in [4.78, 5) is 0. The minimum absolute atomic E-state index is 0.306. The first-order chi connectivity index (χ1) is 4.86. The zero-order valence-corrected chi connectivity index (χ0v) is 5.89. The van der Waals surface area contributed by atoms with E-state index in [1.807, 2.05) is 0 Å². The van der Waals surface area contributed by atoms with Gasteiger partial charge in [0, 0.05) is 5.92 Å². The van der Waals surface area contributed by atoms with Crippen molar-refractivity contribution < 1.29 is 4.74 Å². The summed E-state index contributed by atoms with van der Waals surface area (Å²) in [6.45, 7) is 3.88. The number of ether oxygens (including phenoxy) is 1. The van der Waals surface area contributed by atoms with Crippen LogP contribution in [0.4, 0.5) is 0 Å². The highest BCUT2D eigenvalue weighted by Gasteiger charge is 2.59. The quantitative estimate of drug-likeness (QED) is 0.501. The second-order valence-electron chi connectivity index (χ2n) is 3.60. The van der Waals surface area contributed by atoms with Crippen molar-refractivity contribution >= 4 is 0 Å². The lowest BCUT2D eigenvalue weighted by atomic mass is 9.87. The second-order valence-corrected chi connectivity index (χ2v) is 3.60. The molecule has 3 rings (SSSR count). The summed E-state index contributed by atoms with van der Waals surface area (Å²) in [5.74, 6) is 3.36. The molecule has 1 heteroatoms. The second kappa shape index (κ2) is 1.18. The zero-order valence-electron chi connectivity index (χ0n) is 5.89. The van der Waals surface area contributed by atoms with Crippen LogP contribution < -0.4 is 0 Å². The zero-order chi connectivity index (χ0) is 6.77. The molecule has 2 aliphatic carbocycles. The third-order valence-electron chi connectivity index (χ3n) is 3.16. The van der Waals surface area contributed by atoms with Gasteiger partial charge in [-0.1, -0.05) is 6.08 Å². The van der Waals surface area contributed by atoms with Gasteiger partial charge >= 0.3 is 0 Å². The summed E-state index contributed by atoms with van der Waals surface area (Å²) in [6, 6.07) is 0. The van der Waals surface area contributed by atoms with Crippen LogP contribution in [0, 0.1) is 11.3 Å². The van der Waals surface area contributed by atoms with Crippen molar-refractivity contribution in [3.05, 3.63) is 24.2 Å². The van der Waals surface area contributed by atoms with Crippen molar-refractivity contribution in [1.29, 1.82) is 0 Å². The molecule has 1 nitrogen and oxygen atoms in total. The number of hydrogen-bond donors (Lipinski definition) is 0. The predicted molar refractivity (Wildman–Crippen MR) is 38.1 cm³/mol. The molecule has 2 atom stereocenters. The van der Waals surface area contributed by atoms with Crippen LogP contribution in [0.3, 0.4) is 0 Å². The minimum atomic E-state index is 0.306. The summed E-state index contributed by atoms with van der Waals surface area (Å²) < 4.78 is 5.40. The minimum Gasteiger partial charge on any atom is -0.458 e. The molecule has 2 unspecified atom stereocenters. The van der Waals surface area contributed by atoms with E-state index >= 15 is 0 Å². The molecule has 3 aliphatic rings. The van der Waals surface area contributed by atoms with Gasteiger partial charge in [0.1, 0.15) is 5.76 Å². The highest BCUT2D eigenvalue weighted by atomic mass is 16.6. The molecule has 0 N–H and O–H groups in total. The van der Waals surface area contributed by atoms with Crippen LogP contribution in [-0.4, -0.2) is 0 Å². The van der Waals surface area contributed by atoms with Crippen molar-refractivity contribution in [2.24, 2.45) is 11.3 Å². The molecule has 0 aromatic carbocycles. The molecular weight excluding hydrogens is 124 g/mol. The maximum Gasteiger partial charge on any atom is 0.152 e. The molecule has 0 radical (unpaired) electrons. The van der Waals surface area contributed by atoms with E-state index < -0.39 is 0 Å². The SMILES string of the molecule is C=CC12CCC(C1)C1=C2O1. The normalized spacial score (nSPS) is 47.0. The Balaban J connectivity index is 2.14. The van der Waals surface area contributed by atoms with Gasteiger partial charge in [0.2, 0.25) is 0 Å². The van der Waals surface area contributed by atoms with Crippen molar-refractivity contribution in [3.63, 3.8) is 0 Å². The fourth-order valence-corrected chi connectivity index (χ4v) is 2.48. The van der Waals surface area contributed by atoms with Crippen molar-refractivity contribution in [3.8, 4) is 0 Å². The van der Waals surface area contributed by atoms with Gasteiger partial charge in [0.25, 0.3) is 0 Å². The van der Waals surface area contributed by atoms with Gasteiger partial charge in [-0.15, -0.1) is 6.58 Å². The first-order valence-corrected chi connectivity index (χ1v) is 3.92. The maximum absolute atomic E-state index is 5.40. The summed E-state index contributed by atoms with van der Waals surface area (Å²) >= 11 is 0. The lowest BCUT2D eigenvalue weighted by molar-refractivity contribution is 0.297. The maximum atomic E-state index is 5.40. The fourth-order valence-electron chi connectivity index (χ4n) is 2.48. The molecule has 0 aromatic rings. The molecule has 2 bridgehead atoms. The van der Waals surface area contributed by atoms with E-state index in [0.29, 0.717) is 5.41 Å². The highest BCUT2D eigenvalue weighted by molar-refractivity contribution is 5.41. The monoisotopic (exact) mass is 134 g/mol. The molecule has 0 aromatic heterocycles. The summed E-state index contributed by atoms with van der Waals surface area (Å²) in [5.41, 5.74) is 0.306. The summed E-state index contributed by atoms with van der Waals surface area (Å²) in [6.07, 6.45) is 5.98. The Labute approximate surface area is 60.4 Å². The van der Waals surface area contributed by atoms with E-state index in [4.69, 9.17) is 4.74 Å². The Morgan fingerprint density at radius 1 is 1.70 bits per heavy atom. The van der Waals surface area contributed by atoms with Gasteiger partial charge in [-0.2, -0.15) is 0 Å². The Bertz CT molecular complexity index is 251. The lowest BCUT2D eigenvalue weighted by Gasteiger charge is -2.17. The van der Waals surface area contributed by atoms with Gasteiger partial charge in [0.15, 0.2) is 5.76 Å². The third kappa shape index (κ3) is 0.335. The molecule has 1 aliphatic heterocycles. The van der Waals surface area contributed by atoms with E-state index in [-0.39, 0.29) is 0 Å². The van der Waals surface area contributed by atoms with Crippen molar-refractivity contribution in [2.75, 3.05) is 0 Å². The molecule has 1 saturated carbocycles. The first kappa shape index (κ1) is 5.00. The average Bonchev–Trinajstić information content (AvgIpc) is 2.62. The largest absolute Gasteiger partial charge is 0.458 e. The molecule has 0 amide bonds. The Kier molecular flexibility index (Phi) is 0.590. The van der Waals surface area contributed by atoms with Gasteiger partial charge in [-0.05, 0) is 19.3 Å². The number of hydrogen-bond acceptors (Lipinski definition) is 1. The first-order valence-electron chi connectivity index (χ1n) is 3.92.